The van der Waals surface area contributed by atoms with E-state index in [9.17, 15) is 12.8 Å². The molecule has 0 saturated carbocycles. The van der Waals surface area contributed by atoms with Crippen molar-refractivity contribution in [3.05, 3.63) is 36.5 Å². The Bertz CT molecular complexity index is 656. The SMILES string of the molecule is CCOc1ccc(NS(=O)(=O)c2cnc[nH]2)cc1F. The molecule has 2 rings (SSSR count). The molecule has 19 heavy (non-hydrogen) atoms. The summed E-state index contributed by atoms with van der Waals surface area (Å²) in [6, 6.07) is 3.84. The van der Waals surface area contributed by atoms with Crippen LogP contribution in [0.25, 0.3) is 0 Å². The summed E-state index contributed by atoms with van der Waals surface area (Å²) in [5.41, 5.74) is 0.107. The number of anilines is 1. The second kappa shape index (κ2) is 5.27. The number of sulfonamides is 1. The molecule has 0 spiro atoms. The lowest BCUT2D eigenvalue weighted by molar-refractivity contribution is 0.321. The van der Waals surface area contributed by atoms with E-state index in [1.165, 1.54) is 18.5 Å². The molecule has 0 aliphatic rings. The highest BCUT2D eigenvalue weighted by Crippen LogP contribution is 2.22. The molecule has 102 valence electrons. The minimum absolute atomic E-state index is 0.0759. The summed E-state index contributed by atoms with van der Waals surface area (Å²) >= 11 is 0. The van der Waals surface area contributed by atoms with Crippen LogP contribution < -0.4 is 9.46 Å². The van der Waals surface area contributed by atoms with Crippen LogP contribution in [0.15, 0.2) is 35.7 Å². The summed E-state index contributed by atoms with van der Waals surface area (Å²) in [5, 5.41) is -0.0956. The molecule has 0 bridgehead atoms. The lowest BCUT2D eigenvalue weighted by atomic mass is 10.3. The van der Waals surface area contributed by atoms with E-state index in [1.54, 1.807) is 6.92 Å². The van der Waals surface area contributed by atoms with Gasteiger partial charge in [0.25, 0.3) is 10.0 Å². The molecule has 0 aliphatic carbocycles. The summed E-state index contributed by atoms with van der Waals surface area (Å²) in [6.07, 6.45) is 2.40. The Morgan fingerprint density at radius 1 is 1.47 bits per heavy atom. The lowest BCUT2D eigenvalue weighted by Crippen LogP contribution is -2.13. The molecule has 0 fully saturated rings. The van der Waals surface area contributed by atoms with Gasteiger partial charge in [-0.2, -0.15) is 8.42 Å². The highest BCUT2D eigenvalue weighted by atomic mass is 32.2. The van der Waals surface area contributed by atoms with Crippen LogP contribution in [0.3, 0.4) is 0 Å². The van der Waals surface area contributed by atoms with Crippen LogP contribution in [-0.2, 0) is 10.0 Å². The van der Waals surface area contributed by atoms with Crippen molar-refractivity contribution in [1.29, 1.82) is 0 Å². The molecule has 0 atom stereocenters. The van der Waals surface area contributed by atoms with E-state index in [0.717, 1.165) is 12.3 Å². The van der Waals surface area contributed by atoms with Gasteiger partial charge in [0.1, 0.15) is 0 Å². The molecule has 0 saturated heterocycles. The molecule has 2 N–H and O–H groups in total. The lowest BCUT2D eigenvalue weighted by Gasteiger charge is -2.08. The largest absolute Gasteiger partial charge is 0.491 e. The molecule has 8 heteroatoms. The first-order valence-corrected chi connectivity index (χ1v) is 6.95. The van der Waals surface area contributed by atoms with Crippen LogP contribution in [0, 0.1) is 5.82 Å². The van der Waals surface area contributed by atoms with Gasteiger partial charge in [0.05, 0.1) is 24.8 Å². The predicted molar refractivity (Wildman–Crippen MR) is 67.0 cm³/mol. The maximum Gasteiger partial charge on any atom is 0.278 e. The van der Waals surface area contributed by atoms with Crippen molar-refractivity contribution in [2.75, 3.05) is 11.3 Å². The number of hydrogen-bond donors (Lipinski definition) is 2. The van der Waals surface area contributed by atoms with Gasteiger partial charge in [0.15, 0.2) is 16.6 Å². The highest BCUT2D eigenvalue weighted by Gasteiger charge is 2.16. The molecular weight excluding hydrogens is 273 g/mol. The normalized spacial score (nSPS) is 11.3. The van der Waals surface area contributed by atoms with Crippen LogP contribution in [0.4, 0.5) is 10.1 Å². The summed E-state index contributed by atoms with van der Waals surface area (Å²) in [5.74, 6) is -0.557. The van der Waals surface area contributed by atoms with Crippen molar-refractivity contribution in [3.63, 3.8) is 0 Å². The number of nitrogens with zero attached hydrogens (tertiary/aromatic N) is 1. The van der Waals surface area contributed by atoms with Gasteiger partial charge in [-0.3, -0.25) is 4.72 Å². The molecular formula is C11H12FN3O3S. The molecule has 1 aromatic heterocycles. The number of H-pyrrole nitrogens is 1. The minimum Gasteiger partial charge on any atom is -0.491 e. The van der Waals surface area contributed by atoms with Gasteiger partial charge in [-0.05, 0) is 19.1 Å². The highest BCUT2D eigenvalue weighted by molar-refractivity contribution is 7.92. The Balaban J connectivity index is 2.23. The van der Waals surface area contributed by atoms with Crippen LogP contribution in [-0.4, -0.2) is 25.0 Å². The number of rotatable bonds is 5. The van der Waals surface area contributed by atoms with Crippen molar-refractivity contribution >= 4 is 15.7 Å². The molecule has 0 unspecified atom stereocenters. The van der Waals surface area contributed by atoms with Gasteiger partial charge in [0.2, 0.25) is 0 Å². The smallest absolute Gasteiger partial charge is 0.278 e. The molecule has 1 aromatic carbocycles. The zero-order chi connectivity index (χ0) is 13.9. The first-order chi connectivity index (χ1) is 9.03. The number of aromatic nitrogens is 2. The Morgan fingerprint density at radius 3 is 2.84 bits per heavy atom. The van der Waals surface area contributed by atoms with E-state index >= 15 is 0 Å². The molecule has 6 nitrogen and oxygen atoms in total. The van der Waals surface area contributed by atoms with E-state index in [2.05, 4.69) is 14.7 Å². The van der Waals surface area contributed by atoms with Crippen LogP contribution in [0.1, 0.15) is 6.92 Å². The van der Waals surface area contributed by atoms with Crippen molar-refractivity contribution in [2.24, 2.45) is 0 Å². The van der Waals surface area contributed by atoms with Crippen molar-refractivity contribution < 1.29 is 17.5 Å². The summed E-state index contributed by atoms with van der Waals surface area (Å²) < 4.78 is 44.5. The number of ether oxygens (including phenoxy) is 1. The maximum atomic E-state index is 13.6. The number of imidazole rings is 1. The maximum absolute atomic E-state index is 13.6. The topological polar surface area (TPSA) is 84.1 Å². The van der Waals surface area contributed by atoms with Gasteiger partial charge < -0.3 is 9.72 Å². The van der Waals surface area contributed by atoms with E-state index < -0.39 is 15.8 Å². The first-order valence-electron chi connectivity index (χ1n) is 5.46. The van der Waals surface area contributed by atoms with Crippen molar-refractivity contribution in [1.82, 2.24) is 9.97 Å². The average Bonchev–Trinajstić information content (AvgIpc) is 2.87. The van der Waals surface area contributed by atoms with E-state index in [-0.39, 0.29) is 16.5 Å². The first kappa shape index (κ1) is 13.3. The van der Waals surface area contributed by atoms with Gasteiger partial charge >= 0.3 is 0 Å². The number of nitrogens with one attached hydrogen (secondary N) is 2. The third kappa shape index (κ3) is 3.02. The van der Waals surface area contributed by atoms with Crippen LogP contribution in [0.5, 0.6) is 5.75 Å². The third-order valence-electron chi connectivity index (χ3n) is 2.25. The van der Waals surface area contributed by atoms with Gasteiger partial charge in [-0.1, -0.05) is 0 Å². The number of benzene rings is 1. The number of hydrogen-bond acceptors (Lipinski definition) is 4. The number of halogens is 1. The van der Waals surface area contributed by atoms with Gasteiger partial charge in [0, 0.05) is 6.07 Å². The Morgan fingerprint density at radius 2 is 2.26 bits per heavy atom. The Hall–Kier alpha value is -2.09. The second-order valence-electron chi connectivity index (χ2n) is 3.60. The van der Waals surface area contributed by atoms with E-state index in [0.29, 0.717) is 6.61 Å². The second-order valence-corrected chi connectivity index (χ2v) is 5.25. The minimum atomic E-state index is -3.79. The van der Waals surface area contributed by atoms with Crippen molar-refractivity contribution in [3.8, 4) is 5.75 Å². The monoisotopic (exact) mass is 285 g/mol. The third-order valence-corrected chi connectivity index (χ3v) is 3.55. The summed E-state index contributed by atoms with van der Waals surface area (Å²) in [4.78, 5) is 6.08. The Kier molecular flexibility index (Phi) is 3.70. The summed E-state index contributed by atoms with van der Waals surface area (Å²) in [6.45, 7) is 2.06. The van der Waals surface area contributed by atoms with Crippen LogP contribution >= 0.6 is 0 Å². The van der Waals surface area contributed by atoms with Gasteiger partial charge in [-0.25, -0.2) is 9.37 Å². The van der Waals surface area contributed by atoms with Gasteiger partial charge in [-0.15, -0.1) is 0 Å². The van der Waals surface area contributed by atoms with Crippen molar-refractivity contribution in [2.45, 2.75) is 11.9 Å². The fourth-order valence-corrected chi connectivity index (χ4v) is 2.39. The molecule has 1 heterocycles. The molecule has 0 aliphatic heterocycles. The quantitative estimate of drug-likeness (QED) is 0.876. The van der Waals surface area contributed by atoms with E-state index in [1.807, 2.05) is 0 Å². The zero-order valence-electron chi connectivity index (χ0n) is 10.1. The number of aromatic amines is 1. The fraction of sp³-hybridized carbons (Fsp3) is 0.182. The Labute approximate surface area is 109 Å². The zero-order valence-corrected chi connectivity index (χ0v) is 10.9. The predicted octanol–water partition coefficient (Wildman–Crippen LogP) is 1.75. The van der Waals surface area contributed by atoms with E-state index in [4.69, 9.17) is 4.74 Å². The average molecular weight is 285 g/mol. The molecule has 0 radical (unpaired) electrons. The standard InChI is InChI=1S/C11H12FN3O3S/c1-2-18-10-4-3-8(5-9(10)12)15-19(16,17)11-6-13-7-14-11/h3-7,15H,2H2,1H3,(H,13,14). The fourth-order valence-electron chi connectivity index (χ4n) is 1.44. The molecule has 0 amide bonds. The summed E-state index contributed by atoms with van der Waals surface area (Å²) in [7, 11) is -3.79. The molecule has 2 aromatic rings. The van der Waals surface area contributed by atoms with Crippen LogP contribution in [0.2, 0.25) is 0 Å².